The van der Waals surface area contributed by atoms with Crippen molar-refractivity contribution in [1.82, 2.24) is 0 Å². The SMILES string of the molecule is O[C@H]1CCC2C(CCC3C4CCCC4CCC23)C1. The second kappa shape index (κ2) is 4.51. The van der Waals surface area contributed by atoms with Crippen LogP contribution in [0, 0.1) is 35.5 Å². The van der Waals surface area contributed by atoms with Gasteiger partial charge in [-0.1, -0.05) is 12.8 Å². The highest BCUT2D eigenvalue weighted by Gasteiger charge is 2.49. The van der Waals surface area contributed by atoms with Gasteiger partial charge in [-0.3, -0.25) is 0 Å². The molecular formula is C17H28O. The van der Waals surface area contributed by atoms with Crippen molar-refractivity contribution in [2.75, 3.05) is 0 Å². The Hall–Kier alpha value is -0.0400. The van der Waals surface area contributed by atoms with Crippen molar-refractivity contribution < 1.29 is 5.11 Å². The summed E-state index contributed by atoms with van der Waals surface area (Å²) in [6.07, 6.45) is 14.2. The summed E-state index contributed by atoms with van der Waals surface area (Å²) in [6, 6.07) is 0. The summed E-state index contributed by atoms with van der Waals surface area (Å²) in [5.41, 5.74) is 0. The molecule has 0 aromatic rings. The molecule has 4 aliphatic rings. The van der Waals surface area contributed by atoms with E-state index in [1.165, 1.54) is 38.5 Å². The maximum absolute atomic E-state index is 9.89. The van der Waals surface area contributed by atoms with E-state index in [9.17, 15) is 5.11 Å². The minimum absolute atomic E-state index is 0.0330. The average molecular weight is 248 g/mol. The third-order valence-electron chi connectivity index (χ3n) is 7.12. The van der Waals surface area contributed by atoms with Crippen LogP contribution in [0.4, 0.5) is 0 Å². The van der Waals surface area contributed by atoms with E-state index in [4.69, 9.17) is 0 Å². The first-order valence-electron chi connectivity index (χ1n) is 8.51. The lowest BCUT2D eigenvalue weighted by molar-refractivity contribution is -0.0457. The van der Waals surface area contributed by atoms with Gasteiger partial charge in [0.1, 0.15) is 0 Å². The number of aliphatic hydroxyl groups excluding tert-OH is 1. The fraction of sp³-hybridized carbons (Fsp3) is 1.00. The molecule has 0 aromatic carbocycles. The molecule has 0 amide bonds. The molecule has 0 radical (unpaired) electrons. The Kier molecular flexibility index (Phi) is 2.94. The summed E-state index contributed by atoms with van der Waals surface area (Å²) in [5.74, 6) is 6.23. The van der Waals surface area contributed by atoms with Gasteiger partial charge in [-0.25, -0.2) is 0 Å². The van der Waals surface area contributed by atoms with Gasteiger partial charge < -0.3 is 5.11 Å². The quantitative estimate of drug-likeness (QED) is 0.687. The minimum atomic E-state index is 0.0330. The molecule has 0 aromatic heterocycles. The van der Waals surface area contributed by atoms with Crippen LogP contribution in [-0.2, 0) is 0 Å². The second-order valence-electron chi connectivity index (χ2n) is 7.73. The predicted molar refractivity (Wildman–Crippen MR) is 73.1 cm³/mol. The van der Waals surface area contributed by atoms with Crippen molar-refractivity contribution >= 4 is 0 Å². The van der Waals surface area contributed by atoms with Crippen molar-refractivity contribution in [3.05, 3.63) is 0 Å². The molecule has 0 spiro atoms. The maximum Gasteiger partial charge on any atom is 0.0543 e. The van der Waals surface area contributed by atoms with E-state index in [-0.39, 0.29) is 6.10 Å². The van der Waals surface area contributed by atoms with Crippen LogP contribution in [0.1, 0.15) is 64.2 Å². The van der Waals surface area contributed by atoms with Crippen molar-refractivity contribution in [2.24, 2.45) is 35.5 Å². The molecule has 18 heavy (non-hydrogen) atoms. The van der Waals surface area contributed by atoms with Crippen LogP contribution in [0.3, 0.4) is 0 Å². The van der Waals surface area contributed by atoms with Crippen LogP contribution in [0.25, 0.3) is 0 Å². The third kappa shape index (κ3) is 1.77. The number of aliphatic hydroxyl groups is 1. The van der Waals surface area contributed by atoms with E-state index >= 15 is 0 Å². The number of hydrogen-bond acceptors (Lipinski definition) is 1. The van der Waals surface area contributed by atoms with Gasteiger partial charge in [0.25, 0.3) is 0 Å². The summed E-state index contributed by atoms with van der Waals surface area (Å²) in [5, 5.41) is 9.89. The smallest absolute Gasteiger partial charge is 0.0543 e. The van der Waals surface area contributed by atoms with Gasteiger partial charge in [0.2, 0.25) is 0 Å². The summed E-state index contributed by atoms with van der Waals surface area (Å²) in [7, 11) is 0. The summed E-state index contributed by atoms with van der Waals surface area (Å²) >= 11 is 0. The fourth-order valence-corrected chi connectivity index (χ4v) is 6.45. The molecule has 4 rings (SSSR count). The second-order valence-corrected chi connectivity index (χ2v) is 7.73. The van der Waals surface area contributed by atoms with Crippen LogP contribution in [0.5, 0.6) is 0 Å². The Morgan fingerprint density at radius 1 is 0.556 bits per heavy atom. The summed E-state index contributed by atoms with van der Waals surface area (Å²) in [6.45, 7) is 0. The van der Waals surface area contributed by atoms with Crippen LogP contribution in [0.2, 0.25) is 0 Å². The zero-order chi connectivity index (χ0) is 12.1. The van der Waals surface area contributed by atoms with E-state index in [0.717, 1.165) is 48.3 Å². The highest BCUT2D eigenvalue weighted by atomic mass is 16.3. The van der Waals surface area contributed by atoms with Crippen molar-refractivity contribution in [3.63, 3.8) is 0 Å². The topological polar surface area (TPSA) is 20.2 Å². The zero-order valence-corrected chi connectivity index (χ0v) is 11.6. The standard InChI is InChI=1S/C17H28O/c18-13-6-9-15-12(10-13)5-8-16-14-3-1-2-11(14)4-7-17(15)16/h11-18H,1-10H2/t11?,12?,13-,14?,15?,16?,17?/m0/s1. The van der Waals surface area contributed by atoms with Crippen LogP contribution >= 0.6 is 0 Å². The molecule has 1 nitrogen and oxygen atoms in total. The Morgan fingerprint density at radius 2 is 1.22 bits per heavy atom. The molecule has 4 aliphatic carbocycles. The van der Waals surface area contributed by atoms with Gasteiger partial charge in [0, 0.05) is 0 Å². The fourth-order valence-electron chi connectivity index (χ4n) is 6.45. The largest absolute Gasteiger partial charge is 0.393 e. The molecule has 0 heterocycles. The first kappa shape index (κ1) is 11.8. The molecular weight excluding hydrogens is 220 g/mol. The van der Waals surface area contributed by atoms with Gasteiger partial charge in [-0.2, -0.15) is 0 Å². The normalized spacial score (nSPS) is 55.5. The van der Waals surface area contributed by atoms with E-state index in [1.54, 1.807) is 12.8 Å². The molecule has 4 fully saturated rings. The first-order chi connectivity index (χ1) is 8.83. The first-order valence-corrected chi connectivity index (χ1v) is 8.51. The molecule has 6 unspecified atom stereocenters. The lowest BCUT2D eigenvalue weighted by Gasteiger charge is -2.52. The van der Waals surface area contributed by atoms with Gasteiger partial charge in [0.15, 0.2) is 0 Å². The molecule has 0 bridgehead atoms. The van der Waals surface area contributed by atoms with Gasteiger partial charge in [0.05, 0.1) is 6.10 Å². The van der Waals surface area contributed by atoms with Gasteiger partial charge in [-0.15, -0.1) is 0 Å². The molecule has 1 N–H and O–H groups in total. The van der Waals surface area contributed by atoms with Crippen molar-refractivity contribution in [3.8, 4) is 0 Å². The van der Waals surface area contributed by atoms with Crippen LogP contribution in [-0.4, -0.2) is 11.2 Å². The highest BCUT2D eigenvalue weighted by molar-refractivity contribution is 4.99. The third-order valence-corrected chi connectivity index (χ3v) is 7.12. The zero-order valence-electron chi connectivity index (χ0n) is 11.6. The monoisotopic (exact) mass is 248 g/mol. The lowest BCUT2D eigenvalue weighted by Crippen LogP contribution is -2.45. The molecule has 0 saturated heterocycles. The van der Waals surface area contributed by atoms with E-state index in [0.29, 0.717) is 0 Å². The van der Waals surface area contributed by atoms with Crippen molar-refractivity contribution in [2.45, 2.75) is 70.3 Å². The Balaban J connectivity index is 1.53. The average Bonchev–Trinajstić information content (AvgIpc) is 2.86. The van der Waals surface area contributed by atoms with Gasteiger partial charge in [-0.05, 0) is 86.9 Å². The molecule has 1 heteroatoms. The van der Waals surface area contributed by atoms with E-state index in [1.807, 2.05) is 0 Å². The number of hydrogen-bond donors (Lipinski definition) is 1. The molecule has 4 saturated carbocycles. The predicted octanol–water partition coefficient (Wildman–Crippen LogP) is 4.00. The van der Waals surface area contributed by atoms with Crippen LogP contribution in [0.15, 0.2) is 0 Å². The highest BCUT2D eigenvalue weighted by Crippen LogP contribution is 2.57. The summed E-state index contributed by atoms with van der Waals surface area (Å²) in [4.78, 5) is 0. The Morgan fingerprint density at radius 3 is 2.06 bits per heavy atom. The molecule has 102 valence electrons. The van der Waals surface area contributed by atoms with E-state index in [2.05, 4.69) is 0 Å². The Bertz CT molecular complexity index is 313. The number of rotatable bonds is 0. The van der Waals surface area contributed by atoms with Crippen LogP contribution < -0.4 is 0 Å². The lowest BCUT2D eigenvalue weighted by atomic mass is 9.53. The number of fused-ring (bicyclic) bond motifs is 5. The summed E-state index contributed by atoms with van der Waals surface area (Å²) < 4.78 is 0. The van der Waals surface area contributed by atoms with Crippen molar-refractivity contribution in [1.29, 1.82) is 0 Å². The maximum atomic E-state index is 9.89. The Labute approximate surface area is 111 Å². The van der Waals surface area contributed by atoms with Gasteiger partial charge >= 0.3 is 0 Å². The molecule has 7 atom stereocenters. The minimum Gasteiger partial charge on any atom is -0.393 e. The van der Waals surface area contributed by atoms with E-state index < -0.39 is 0 Å². The molecule has 0 aliphatic heterocycles.